The Kier molecular flexibility index (Phi) is 10.7. The number of hydrogen-bond donors (Lipinski definition) is 3. The predicted octanol–water partition coefficient (Wildman–Crippen LogP) is 4.37. The van der Waals surface area contributed by atoms with Crippen molar-refractivity contribution < 1.29 is 5.11 Å². The summed E-state index contributed by atoms with van der Waals surface area (Å²) in [6, 6.07) is 11.1. The largest absolute Gasteiger partial charge is 0.386 e. The third-order valence-corrected chi connectivity index (χ3v) is 6.78. The fourth-order valence-corrected chi connectivity index (χ4v) is 4.87. The van der Waals surface area contributed by atoms with Gasteiger partial charge in [-0.3, -0.25) is 4.99 Å². The molecule has 2 unspecified atom stereocenters. The van der Waals surface area contributed by atoms with Crippen LogP contribution < -0.4 is 10.6 Å². The lowest BCUT2D eigenvalue weighted by Gasteiger charge is -2.33. The Balaban J connectivity index is 0.00000300. The highest BCUT2D eigenvalue weighted by atomic mass is 127. The number of nitrogens with one attached hydrogen (secondary N) is 2. The van der Waals surface area contributed by atoms with E-state index in [0.29, 0.717) is 6.54 Å². The minimum absolute atomic E-state index is 0. The van der Waals surface area contributed by atoms with E-state index >= 15 is 0 Å². The van der Waals surface area contributed by atoms with E-state index in [1.54, 1.807) is 18.4 Å². The second-order valence-electron chi connectivity index (χ2n) is 7.67. The standard InChI is InChI=1S/C22H34N4OS.HI/c1-17-9-5-7-13-26(17)14-8-6-12-24-22(23-2)25-16-19(27)21-15-18-10-3-4-11-20(18)28-21;/h3-4,10-11,15,17,19,27H,5-9,12-14,16H2,1-2H3,(H2,23,24,25);1H. The van der Waals surface area contributed by atoms with Crippen LogP contribution in [0.4, 0.5) is 0 Å². The second-order valence-corrected chi connectivity index (χ2v) is 8.79. The molecule has 1 aromatic carbocycles. The molecule has 0 bridgehead atoms. The van der Waals surface area contributed by atoms with E-state index in [9.17, 15) is 5.11 Å². The van der Waals surface area contributed by atoms with Gasteiger partial charge in [-0.15, -0.1) is 35.3 Å². The molecule has 1 fully saturated rings. The molecule has 3 N–H and O–H groups in total. The van der Waals surface area contributed by atoms with E-state index in [1.165, 1.54) is 48.9 Å². The SMILES string of the molecule is CN=C(NCCCCN1CCCCC1C)NCC(O)c1cc2ccccc2s1.I. The second kappa shape index (κ2) is 12.7. The van der Waals surface area contributed by atoms with Gasteiger partial charge in [0.15, 0.2) is 5.96 Å². The molecule has 29 heavy (non-hydrogen) atoms. The molecular formula is C22H35IN4OS. The number of nitrogens with zero attached hydrogens (tertiary/aromatic N) is 2. The average molecular weight is 531 g/mol. The molecular weight excluding hydrogens is 495 g/mol. The number of likely N-dealkylation sites (tertiary alicyclic amines) is 1. The van der Waals surface area contributed by atoms with Crippen LogP contribution in [-0.4, -0.2) is 55.2 Å². The number of halogens is 1. The number of thiophene rings is 1. The molecule has 1 aliphatic heterocycles. The van der Waals surface area contributed by atoms with Gasteiger partial charge < -0.3 is 20.6 Å². The van der Waals surface area contributed by atoms with Crippen molar-refractivity contribution in [2.24, 2.45) is 4.99 Å². The van der Waals surface area contributed by atoms with Crippen LogP contribution in [-0.2, 0) is 0 Å². The number of aliphatic imine (C=N–C) groups is 1. The lowest BCUT2D eigenvalue weighted by atomic mass is 10.0. The summed E-state index contributed by atoms with van der Waals surface area (Å²) in [5, 5.41) is 18.3. The monoisotopic (exact) mass is 530 g/mol. The van der Waals surface area contributed by atoms with Crippen LogP contribution in [0.5, 0.6) is 0 Å². The van der Waals surface area contributed by atoms with Crippen LogP contribution in [0.25, 0.3) is 10.1 Å². The fourth-order valence-electron chi connectivity index (χ4n) is 3.82. The maximum absolute atomic E-state index is 10.5. The van der Waals surface area contributed by atoms with Gasteiger partial charge in [0.1, 0.15) is 6.10 Å². The van der Waals surface area contributed by atoms with Gasteiger partial charge >= 0.3 is 0 Å². The van der Waals surface area contributed by atoms with E-state index in [0.717, 1.165) is 29.8 Å². The first kappa shape index (κ1) is 24.4. The van der Waals surface area contributed by atoms with Crippen LogP contribution in [0.2, 0.25) is 0 Å². The van der Waals surface area contributed by atoms with Crippen LogP contribution in [0.3, 0.4) is 0 Å². The maximum Gasteiger partial charge on any atom is 0.191 e. The van der Waals surface area contributed by atoms with Crippen molar-refractivity contribution in [3.05, 3.63) is 35.2 Å². The summed E-state index contributed by atoms with van der Waals surface area (Å²) in [6.45, 7) is 6.16. The lowest BCUT2D eigenvalue weighted by Crippen LogP contribution is -2.40. The van der Waals surface area contributed by atoms with E-state index in [1.807, 2.05) is 12.1 Å². The summed E-state index contributed by atoms with van der Waals surface area (Å²) in [5.41, 5.74) is 0. The van der Waals surface area contributed by atoms with Crippen molar-refractivity contribution in [2.45, 2.75) is 51.2 Å². The van der Waals surface area contributed by atoms with Crippen molar-refractivity contribution in [1.82, 2.24) is 15.5 Å². The summed E-state index contributed by atoms with van der Waals surface area (Å²) in [4.78, 5) is 7.88. The summed E-state index contributed by atoms with van der Waals surface area (Å²) in [7, 11) is 1.77. The van der Waals surface area contributed by atoms with Crippen molar-refractivity contribution >= 4 is 51.4 Å². The molecule has 5 nitrogen and oxygen atoms in total. The van der Waals surface area contributed by atoms with Crippen molar-refractivity contribution in [3.8, 4) is 0 Å². The molecule has 0 amide bonds. The third-order valence-electron chi connectivity index (χ3n) is 5.56. The zero-order valence-corrected chi connectivity index (χ0v) is 20.7. The lowest BCUT2D eigenvalue weighted by molar-refractivity contribution is 0.158. The zero-order valence-electron chi connectivity index (χ0n) is 17.6. The topological polar surface area (TPSA) is 59.9 Å². The van der Waals surface area contributed by atoms with E-state index < -0.39 is 6.10 Å². The minimum Gasteiger partial charge on any atom is -0.386 e. The van der Waals surface area contributed by atoms with E-state index in [4.69, 9.17) is 0 Å². The Hall–Kier alpha value is -0.900. The average Bonchev–Trinajstić information content (AvgIpc) is 3.15. The molecule has 162 valence electrons. The molecule has 2 atom stereocenters. The highest BCUT2D eigenvalue weighted by Gasteiger charge is 2.17. The number of aliphatic hydroxyl groups excluding tert-OH is 1. The molecule has 2 aromatic rings. The summed E-state index contributed by atoms with van der Waals surface area (Å²) in [5.74, 6) is 0.756. The number of piperidine rings is 1. The number of guanidine groups is 1. The number of benzene rings is 1. The van der Waals surface area contributed by atoms with Crippen LogP contribution in [0, 0.1) is 0 Å². The van der Waals surface area contributed by atoms with Crippen molar-refractivity contribution in [2.75, 3.05) is 33.2 Å². The number of aliphatic hydroxyl groups is 1. The number of rotatable bonds is 8. The molecule has 1 saturated heterocycles. The minimum atomic E-state index is -0.531. The van der Waals surface area contributed by atoms with Crippen molar-refractivity contribution in [1.29, 1.82) is 0 Å². The molecule has 3 rings (SSSR count). The molecule has 0 spiro atoms. The molecule has 7 heteroatoms. The first-order valence-corrected chi connectivity index (χ1v) is 11.3. The van der Waals surface area contributed by atoms with E-state index in [-0.39, 0.29) is 24.0 Å². The highest BCUT2D eigenvalue weighted by molar-refractivity contribution is 14.0. The van der Waals surface area contributed by atoms with Gasteiger partial charge in [0, 0.05) is 35.8 Å². The van der Waals surface area contributed by atoms with Gasteiger partial charge in [0.05, 0.1) is 0 Å². The summed E-state index contributed by atoms with van der Waals surface area (Å²) < 4.78 is 1.21. The smallest absolute Gasteiger partial charge is 0.191 e. The first-order chi connectivity index (χ1) is 13.7. The van der Waals surface area contributed by atoms with Gasteiger partial charge in [-0.25, -0.2) is 0 Å². The normalized spacial score (nSPS) is 19.0. The molecule has 2 heterocycles. The Morgan fingerprint density at radius 1 is 1.28 bits per heavy atom. The fraction of sp³-hybridized carbons (Fsp3) is 0.591. The molecule has 1 aliphatic rings. The van der Waals surface area contributed by atoms with Crippen LogP contribution >= 0.6 is 35.3 Å². The Morgan fingerprint density at radius 2 is 2.10 bits per heavy atom. The predicted molar refractivity (Wildman–Crippen MR) is 136 cm³/mol. The zero-order chi connectivity index (χ0) is 19.8. The van der Waals surface area contributed by atoms with Crippen molar-refractivity contribution in [3.63, 3.8) is 0 Å². The molecule has 1 aromatic heterocycles. The third kappa shape index (κ3) is 7.38. The molecule has 0 saturated carbocycles. The molecule has 0 radical (unpaired) electrons. The first-order valence-electron chi connectivity index (χ1n) is 10.5. The number of unbranched alkanes of at least 4 members (excludes halogenated alkanes) is 1. The van der Waals surface area contributed by atoms with Gasteiger partial charge in [0.2, 0.25) is 0 Å². The summed E-state index contributed by atoms with van der Waals surface area (Å²) in [6.07, 6.45) is 5.88. The number of hydrogen-bond acceptors (Lipinski definition) is 4. The van der Waals surface area contributed by atoms with Gasteiger partial charge in [-0.1, -0.05) is 24.6 Å². The Bertz CT molecular complexity index is 733. The van der Waals surface area contributed by atoms with Gasteiger partial charge in [-0.2, -0.15) is 0 Å². The van der Waals surface area contributed by atoms with Crippen LogP contribution in [0.1, 0.15) is 50.0 Å². The Morgan fingerprint density at radius 3 is 2.86 bits per heavy atom. The van der Waals surface area contributed by atoms with E-state index in [2.05, 4.69) is 45.6 Å². The van der Waals surface area contributed by atoms with Gasteiger partial charge in [-0.05, 0) is 63.2 Å². The quantitative estimate of drug-likeness (QED) is 0.205. The summed E-state index contributed by atoms with van der Waals surface area (Å²) >= 11 is 1.65. The maximum atomic E-state index is 10.5. The number of fused-ring (bicyclic) bond motifs is 1. The van der Waals surface area contributed by atoms with Gasteiger partial charge in [0.25, 0.3) is 0 Å². The van der Waals surface area contributed by atoms with Crippen LogP contribution in [0.15, 0.2) is 35.3 Å². The highest BCUT2D eigenvalue weighted by Crippen LogP contribution is 2.29. The molecule has 0 aliphatic carbocycles. The Labute approximate surface area is 196 Å².